The monoisotopic (exact) mass is 256 g/mol. The van der Waals surface area contributed by atoms with E-state index in [0.29, 0.717) is 6.29 Å². The molecule has 0 fully saturated rings. The Hall–Kier alpha value is -1.79. The number of rotatable bonds is 5. The van der Waals surface area contributed by atoms with Gasteiger partial charge in [0, 0.05) is 5.56 Å². The van der Waals surface area contributed by atoms with Crippen molar-refractivity contribution in [3.05, 3.63) is 35.1 Å². The van der Waals surface area contributed by atoms with Crippen molar-refractivity contribution in [2.24, 2.45) is 0 Å². The van der Waals surface area contributed by atoms with E-state index in [1.54, 1.807) is 0 Å². The SMILES string of the molecule is COC(=O)CC(O)C(O)c1cccc(C=O)c1F. The largest absolute Gasteiger partial charge is 0.469 e. The van der Waals surface area contributed by atoms with Crippen LogP contribution in [0.25, 0.3) is 0 Å². The number of carbonyl (C=O) groups is 2. The highest BCUT2D eigenvalue weighted by Gasteiger charge is 2.25. The summed E-state index contributed by atoms with van der Waals surface area (Å²) < 4.78 is 18.0. The molecule has 0 saturated heterocycles. The van der Waals surface area contributed by atoms with Crippen molar-refractivity contribution in [2.45, 2.75) is 18.6 Å². The molecular formula is C12H13FO5. The molecule has 0 saturated carbocycles. The minimum atomic E-state index is -1.61. The number of methoxy groups -OCH3 is 1. The zero-order valence-electron chi connectivity index (χ0n) is 9.67. The molecule has 0 spiro atoms. The summed E-state index contributed by atoms with van der Waals surface area (Å²) in [7, 11) is 1.13. The van der Waals surface area contributed by atoms with Gasteiger partial charge < -0.3 is 14.9 Å². The van der Waals surface area contributed by atoms with E-state index in [2.05, 4.69) is 4.74 Å². The van der Waals surface area contributed by atoms with Gasteiger partial charge in [-0.05, 0) is 6.07 Å². The maximum atomic E-state index is 13.7. The second-order valence-electron chi connectivity index (χ2n) is 3.66. The molecule has 0 aliphatic carbocycles. The number of hydrogen-bond acceptors (Lipinski definition) is 5. The van der Waals surface area contributed by atoms with Gasteiger partial charge in [0.05, 0.1) is 25.2 Å². The lowest BCUT2D eigenvalue weighted by atomic mass is 9.99. The van der Waals surface area contributed by atoms with Crippen molar-refractivity contribution >= 4 is 12.3 Å². The Balaban J connectivity index is 2.93. The lowest BCUT2D eigenvalue weighted by Crippen LogP contribution is -2.23. The van der Waals surface area contributed by atoms with E-state index >= 15 is 0 Å². The van der Waals surface area contributed by atoms with Crippen LogP contribution in [0, 0.1) is 5.82 Å². The Morgan fingerprint density at radius 3 is 2.72 bits per heavy atom. The van der Waals surface area contributed by atoms with Crippen LogP contribution in [-0.2, 0) is 9.53 Å². The summed E-state index contributed by atoms with van der Waals surface area (Å²) in [6.45, 7) is 0. The smallest absolute Gasteiger partial charge is 0.308 e. The summed E-state index contributed by atoms with van der Waals surface area (Å²) in [6, 6.07) is 3.84. The van der Waals surface area contributed by atoms with Crippen LogP contribution < -0.4 is 0 Å². The maximum Gasteiger partial charge on any atom is 0.308 e. The zero-order valence-corrected chi connectivity index (χ0v) is 9.67. The van der Waals surface area contributed by atoms with E-state index in [-0.39, 0.29) is 11.1 Å². The fourth-order valence-electron chi connectivity index (χ4n) is 1.46. The number of carbonyl (C=O) groups excluding carboxylic acids is 2. The molecule has 1 aromatic rings. The van der Waals surface area contributed by atoms with E-state index in [1.165, 1.54) is 18.2 Å². The first-order chi connectivity index (χ1) is 8.51. The van der Waals surface area contributed by atoms with Crippen molar-refractivity contribution in [3.8, 4) is 0 Å². The Kier molecular flexibility index (Phi) is 4.94. The van der Waals surface area contributed by atoms with Gasteiger partial charge in [0.15, 0.2) is 6.29 Å². The highest BCUT2D eigenvalue weighted by molar-refractivity contribution is 5.75. The van der Waals surface area contributed by atoms with E-state index in [0.717, 1.165) is 7.11 Å². The van der Waals surface area contributed by atoms with Gasteiger partial charge in [-0.2, -0.15) is 0 Å². The van der Waals surface area contributed by atoms with Crippen molar-refractivity contribution in [1.29, 1.82) is 0 Å². The minimum Gasteiger partial charge on any atom is -0.469 e. The quantitative estimate of drug-likeness (QED) is 0.595. The van der Waals surface area contributed by atoms with Gasteiger partial charge >= 0.3 is 5.97 Å². The molecule has 1 rings (SSSR count). The molecule has 5 nitrogen and oxygen atoms in total. The molecule has 0 radical (unpaired) electrons. The molecule has 0 bridgehead atoms. The van der Waals surface area contributed by atoms with Crippen LogP contribution in [0.4, 0.5) is 4.39 Å². The second-order valence-corrected chi connectivity index (χ2v) is 3.66. The minimum absolute atomic E-state index is 0.225. The van der Waals surface area contributed by atoms with Crippen LogP contribution >= 0.6 is 0 Å². The standard InChI is InChI=1S/C12H13FO5/c1-18-10(16)5-9(15)12(17)8-4-2-3-7(6-14)11(8)13/h2-4,6,9,12,15,17H,5H2,1H3. The summed E-state index contributed by atoms with van der Waals surface area (Å²) in [4.78, 5) is 21.5. The highest BCUT2D eigenvalue weighted by atomic mass is 19.1. The van der Waals surface area contributed by atoms with E-state index < -0.39 is 30.4 Å². The third-order valence-electron chi connectivity index (χ3n) is 2.47. The molecule has 0 amide bonds. The normalized spacial score (nSPS) is 13.8. The molecule has 2 atom stereocenters. The van der Waals surface area contributed by atoms with E-state index in [4.69, 9.17) is 0 Å². The first-order valence-corrected chi connectivity index (χ1v) is 5.17. The lowest BCUT2D eigenvalue weighted by molar-refractivity contribution is -0.144. The number of benzene rings is 1. The number of aliphatic hydroxyl groups is 2. The van der Waals surface area contributed by atoms with Crippen molar-refractivity contribution in [3.63, 3.8) is 0 Å². The average molecular weight is 256 g/mol. The highest BCUT2D eigenvalue weighted by Crippen LogP contribution is 2.23. The molecule has 1 aromatic carbocycles. The van der Waals surface area contributed by atoms with Crippen LogP contribution in [-0.4, -0.2) is 35.7 Å². The molecule has 0 aliphatic heterocycles. The lowest BCUT2D eigenvalue weighted by Gasteiger charge is -2.18. The molecule has 18 heavy (non-hydrogen) atoms. The molecule has 98 valence electrons. The summed E-state index contributed by atoms with van der Waals surface area (Å²) in [5.41, 5.74) is -0.465. The van der Waals surface area contributed by atoms with Crippen molar-refractivity contribution in [2.75, 3.05) is 7.11 Å². The Morgan fingerprint density at radius 1 is 1.50 bits per heavy atom. The van der Waals surface area contributed by atoms with Crippen LogP contribution in [0.3, 0.4) is 0 Å². The molecule has 0 heterocycles. The molecule has 0 aromatic heterocycles. The van der Waals surface area contributed by atoms with Crippen LogP contribution in [0.5, 0.6) is 0 Å². The predicted octanol–water partition coefficient (Wildman–Crippen LogP) is 0.596. The van der Waals surface area contributed by atoms with Gasteiger partial charge in [0.1, 0.15) is 11.9 Å². The fraction of sp³-hybridized carbons (Fsp3) is 0.333. The van der Waals surface area contributed by atoms with Crippen molar-refractivity contribution < 1.29 is 28.9 Å². The van der Waals surface area contributed by atoms with Crippen LogP contribution in [0.1, 0.15) is 28.4 Å². The number of ether oxygens (including phenoxy) is 1. The number of aldehydes is 1. The van der Waals surface area contributed by atoms with Gasteiger partial charge in [-0.1, -0.05) is 12.1 Å². The Bertz CT molecular complexity index is 446. The van der Waals surface area contributed by atoms with Gasteiger partial charge in [-0.15, -0.1) is 0 Å². The van der Waals surface area contributed by atoms with E-state index in [1.807, 2.05) is 0 Å². The van der Waals surface area contributed by atoms with E-state index in [9.17, 15) is 24.2 Å². The van der Waals surface area contributed by atoms with Gasteiger partial charge in [0.2, 0.25) is 0 Å². The first-order valence-electron chi connectivity index (χ1n) is 5.17. The predicted molar refractivity (Wildman–Crippen MR) is 59.4 cm³/mol. The molecular weight excluding hydrogens is 243 g/mol. The van der Waals surface area contributed by atoms with Gasteiger partial charge in [0.25, 0.3) is 0 Å². The number of halogens is 1. The van der Waals surface area contributed by atoms with Gasteiger partial charge in [-0.25, -0.2) is 4.39 Å². The third-order valence-corrected chi connectivity index (χ3v) is 2.47. The zero-order chi connectivity index (χ0) is 13.7. The summed E-state index contributed by atoms with van der Waals surface area (Å²) in [6.07, 6.45) is -3.28. The summed E-state index contributed by atoms with van der Waals surface area (Å²) in [5, 5.41) is 19.3. The maximum absolute atomic E-state index is 13.7. The average Bonchev–Trinajstić information content (AvgIpc) is 2.38. The third kappa shape index (κ3) is 3.12. The second kappa shape index (κ2) is 6.23. The number of esters is 1. The Labute approximate surface area is 103 Å². The molecule has 0 aliphatic rings. The van der Waals surface area contributed by atoms with Gasteiger partial charge in [-0.3, -0.25) is 9.59 Å². The summed E-state index contributed by atoms with van der Waals surface area (Å²) >= 11 is 0. The van der Waals surface area contributed by atoms with Crippen molar-refractivity contribution in [1.82, 2.24) is 0 Å². The first kappa shape index (κ1) is 14.3. The van der Waals surface area contributed by atoms with Crippen LogP contribution in [0.15, 0.2) is 18.2 Å². The Morgan fingerprint density at radius 2 is 2.17 bits per heavy atom. The number of hydrogen-bond donors (Lipinski definition) is 2. The topological polar surface area (TPSA) is 83.8 Å². The van der Waals surface area contributed by atoms with Crippen LogP contribution in [0.2, 0.25) is 0 Å². The molecule has 2 unspecified atom stereocenters. The summed E-state index contributed by atoms with van der Waals surface area (Å²) in [5.74, 6) is -1.64. The molecule has 6 heteroatoms. The molecule has 2 N–H and O–H groups in total. The number of aliphatic hydroxyl groups excluding tert-OH is 2. The fourth-order valence-corrected chi connectivity index (χ4v) is 1.46.